The maximum absolute atomic E-state index is 12.8. The van der Waals surface area contributed by atoms with Crippen LogP contribution in [-0.4, -0.2) is 32.6 Å². The Labute approximate surface area is 159 Å². The number of benzene rings is 2. The molecule has 2 N–H and O–H groups in total. The van der Waals surface area contributed by atoms with Crippen LogP contribution in [0.5, 0.6) is 0 Å². The number of aryl methyl sites for hydroxylation is 1. The summed E-state index contributed by atoms with van der Waals surface area (Å²) in [6.45, 7) is 5.65. The summed E-state index contributed by atoms with van der Waals surface area (Å²) >= 11 is 0. The fourth-order valence-corrected chi connectivity index (χ4v) is 4.43. The smallest absolute Gasteiger partial charge is 0.335 e. The first kappa shape index (κ1) is 19.2. The Bertz CT molecular complexity index is 948. The van der Waals surface area contributed by atoms with Crippen LogP contribution in [0.2, 0.25) is 0 Å². The van der Waals surface area contributed by atoms with E-state index in [9.17, 15) is 18.3 Å². The van der Waals surface area contributed by atoms with Gasteiger partial charge >= 0.3 is 5.97 Å². The first-order valence-electron chi connectivity index (χ1n) is 8.98. The predicted octanol–water partition coefficient (Wildman–Crippen LogP) is 3.73. The Balaban J connectivity index is 1.99. The maximum Gasteiger partial charge on any atom is 0.335 e. The number of carbonyl (C=O) groups is 1. The first-order valence-corrected chi connectivity index (χ1v) is 10.5. The molecular weight excluding hydrogens is 364 g/mol. The quantitative estimate of drug-likeness (QED) is 0.815. The highest BCUT2D eigenvalue weighted by molar-refractivity contribution is 7.92. The zero-order valence-corrected chi connectivity index (χ0v) is 16.3. The van der Waals surface area contributed by atoms with Gasteiger partial charge in [-0.15, -0.1) is 0 Å². The van der Waals surface area contributed by atoms with Gasteiger partial charge in [0.05, 0.1) is 21.8 Å². The SMILES string of the molecule is Cc1cccc(S(=O)(=O)Nc2cc(C(=O)O)ccc2N2CCC(C)CC2)c1. The van der Waals surface area contributed by atoms with Crippen LogP contribution in [0.25, 0.3) is 0 Å². The molecule has 6 nitrogen and oxygen atoms in total. The number of hydrogen-bond acceptors (Lipinski definition) is 4. The van der Waals surface area contributed by atoms with Gasteiger partial charge in [0.25, 0.3) is 10.0 Å². The van der Waals surface area contributed by atoms with E-state index >= 15 is 0 Å². The van der Waals surface area contributed by atoms with E-state index < -0.39 is 16.0 Å². The lowest BCUT2D eigenvalue weighted by atomic mass is 9.98. The van der Waals surface area contributed by atoms with E-state index in [0.29, 0.717) is 17.3 Å². The van der Waals surface area contributed by atoms with Gasteiger partial charge < -0.3 is 10.0 Å². The lowest BCUT2D eigenvalue weighted by Crippen LogP contribution is -2.33. The number of nitrogens with one attached hydrogen (secondary N) is 1. The summed E-state index contributed by atoms with van der Waals surface area (Å²) in [7, 11) is -3.82. The summed E-state index contributed by atoms with van der Waals surface area (Å²) in [5.41, 5.74) is 1.89. The van der Waals surface area contributed by atoms with E-state index in [1.807, 2.05) is 13.0 Å². The number of nitrogens with zero attached hydrogens (tertiary/aromatic N) is 1. The lowest BCUT2D eigenvalue weighted by molar-refractivity contribution is 0.0697. The van der Waals surface area contributed by atoms with Crippen LogP contribution in [0.3, 0.4) is 0 Å². The summed E-state index contributed by atoms with van der Waals surface area (Å²) in [5, 5.41) is 9.31. The van der Waals surface area contributed by atoms with Crippen molar-refractivity contribution in [1.82, 2.24) is 0 Å². The number of aromatic carboxylic acids is 1. The molecule has 1 aliphatic heterocycles. The molecule has 0 unspecified atom stereocenters. The van der Waals surface area contributed by atoms with Crippen LogP contribution in [0.15, 0.2) is 47.4 Å². The summed E-state index contributed by atoms with van der Waals surface area (Å²) in [6.07, 6.45) is 2.04. The van der Waals surface area contributed by atoms with Crippen LogP contribution in [0.1, 0.15) is 35.7 Å². The van der Waals surface area contributed by atoms with Gasteiger partial charge in [-0.25, -0.2) is 13.2 Å². The zero-order chi connectivity index (χ0) is 19.6. The third-order valence-corrected chi connectivity index (χ3v) is 6.28. The maximum atomic E-state index is 12.8. The predicted molar refractivity (Wildman–Crippen MR) is 106 cm³/mol. The van der Waals surface area contributed by atoms with Gasteiger partial charge in [-0.1, -0.05) is 19.1 Å². The molecule has 0 saturated carbocycles. The molecule has 0 bridgehead atoms. The van der Waals surface area contributed by atoms with Crippen molar-refractivity contribution in [2.45, 2.75) is 31.6 Å². The molecule has 1 fully saturated rings. The fourth-order valence-electron chi connectivity index (χ4n) is 3.26. The highest BCUT2D eigenvalue weighted by Crippen LogP contribution is 2.32. The second-order valence-corrected chi connectivity index (χ2v) is 8.81. The van der Waals surface area contributed by atoms with Gasteiger partial charge in [0.2, 0.25) is 0 Å². The van der Waals surface area contributed by atoms with Crippen LogP contribution < -0.4 is 9.62 Å². The topological polar surface area (TPSA) is 86.7 Å². The summed E-state index contributed by atoms with van der Waals surface area (Å²) < 4.78 is 28.3. The van der Waals surface area contributed by atoms with Crippen molar-refractivity contribution in [2.24, 2.45) is 5.92 Å². The molecule has 0 radical (unpaired) electrons. The minimum atomic E-state index is -3.82. The first-order chi connectivity index (χ1) is 12.8. The Hall–Kier alpha value is -2.54. The Kier molecular flexibility index (Phi) is 5.41. The Morgan fingerprint density at radius 2 is 1.85 bits per heavy atom. The fraction of sp³-hybridized carbons (Fsp3) is 0.350. The second-order valence-electron chi connectivity index (χ2n) is 7.13. The molecule has 1 heterocycles. The molecule has 27 heavy (non-hydrogen) atoms. The highest BCUT2D eigenvalue weighted by atomic mass is 32.2. The average molecular weight is 388 g/mol. The zero-order valence-electron chi connectivity index (χ0n) is 15.5. The number of piperidine rings is 1. The van der Waals surface area contributed by atoms with Crippen molar-refractivity contribution in [3.8, 4) is 0 Å². The summed E-state index contributed by atoms with van der Waals surface area (Å²) in [6, 6.07) is 11.2. The summed E-state index contributed by atoms with van der Waals surface area (Å²) in [5.74, 6) is -0.461. The Morgan fingerprint density at radius 3 is 2.48 bits per heavy atom. The molecule has 1 aliphatic rings. The van der Waals surface area contributed by atoms with Crippen molar-refractivity contribution in [3.05, 3.63) is 53.6 Å². The van der Waals surface area contributed by atoms with Gasteiger partial charge in [0.15, 0.2) is 0 Å². The third-order valence-electron chi connectivity index (χ3n) is 4.91. The van der Waals surface area contributed by atoms with Crippen LogP contribution in [0.4, 0.5) is 11.4 Å². The molecule has 1 saturated heterocycles. The second kappa shape index (κ2) is 7.60. The molecule has 2 aromatic rings. The van der Waals surface area contributed by atoms with Gasteiger partial charge in [-0.05, 0) is 61.6 Å². The van der Waals surface area contributed by atoms with Gasteiger partial charge in [0.1, 0.15) is 0 Å². The molecule has 0 spiro atoms. The molecule has 0 aliphatic carbocycles. The van der Waals surface area contributed by atoms with E-state index in [2.05, 4.69) is 16.5 Å². The molecule has 0 amide bonds. The molecular formula is C20H24N2O4S. The van der Waals surface area contributed by atoms with E-state index in [-0.39, 0.29) is 10.5 Å². The molecule has 7 heteroatoms. The van der Waals surface area contributed by atoms with Crippen molar-refractivity contribution in [1.29, 1.82) is 0 Å². The normalized spacial score (nSPS) is 15.6. The minimum absolute atomic E-state index is 0.0473. The largest absolute Gasteiger partial charge is 0.478 e. The molecule has 0 aromatic heterocycles. The third kappa shape index (κ3) is 4.42. The standard InChI is InChI=1S/C20H24N2O4S/c1-14-8-10-22(11-9-14)19-7-6-16(20(23)24)13-18(19)21-27(25,26)17-5-3-4-15(2)12-17/h3-7,12-14,21H,8-11H2,1-2H3,(H,23,24). The van der Waals surface area contributed by atoms with Gasteiger partial charge in [0, 0.05) is 13.1 Å². The van der Waals surface area contributed by atoms with E-state index in [0.717, 1.165) is 31.5 Å². The lowest BCUT2D eigenvalue weighted by Gasteiger charge is -2.33. The number of sulfonamides is 1. The summed E-state index contributed by atoms with van der Waals surface area (Å²) in [4.78, 5) is 13.6. The van der Waals surface area contributed by atoms with Crippen LogP contribution in [0, 0.1) is 12.8 Å². The van der Waals surface area contributed by atoms with Crippen molar-refractivity contribution in [2.75, 3.05) is 22.7 Å². The number of hydrogen-bond donors (Lipinski definition) is 2. The molecule has 2 aromatic carbocycles. The van der Waals surface area contributed by atoms with Gasteiger partial charge in [-0.3, -0.25) is 4.72 Å². The highest BCUT2D eigenvalue weighted by Gasteiger charge is 2.23. The van der Waals surface area contributed by atoms with E-state index in [1.54, 1.807) is 18.2 Å². The van der Waals surface area contributed by atoms with Crippen LogP contribution in [-0.2, 0) is 10.0 Å². The number of anilines is 2. The minimum Gasteiger partial charge on any atom is -0.478 e. The monoisotopic (exact) mass is 388 g/mol. The molecule has 0 atom stereocenters. The number of carboxylic acids is 1. The van der Waals surface area contributed by atoms with E-state index in [4.69, 9.17) is 0 Å². The average Bonchev–Trinajstić information content (AvgIpc) is 2.62. The van der Waals surface area contributed by atoms with Gasteiger partial charge in [-0.2, -0.15) is 0 Å². The molecule has 144 valence electrons. The van der Waals surface area contributed by atoms with Crippen molar-refractivity contribution in [3.63, 3.8) is 0 Å². The van der Waals surface area contributed by atoms with Crippen molar-refractivity contribution < 1.29 is 18.3 Å². The Morgan fingerprint density at radius 1 is 1.15 bits per heavy atom. The van der Waals surface area contributed by atoms with Crippen molar-refractivity contribution >= 4 is 27.4 Å². The van der Waals surface area contributed by atoms with E-state index in [1.165, 1.54) is 18.2 Å². The van der Waals surface area contributed by atoms with Crippen LogP contribution >= 0.6 is 0 Å². The number of rotatable bonds is 5. The molecule has 3 rings (SSSR count). The number of carboxylic acid groups (broad SMARTS) is 1.